The van der Waals surface area contributed by atoms with Gasteiger partial charge in [-0.05, 0) is 32.5 Å². The summed E-state index contributed by atoms with van der Waals surface area (Å²) in [6, 6.07) is 0. The molecule has 2 rings (SSSR count). The molecule has 0 spiro atoms. The van der Waals surface area contributed by atoms with E-state index in [2.05, 4.69) is 23.4 Å². The molecular weight excluding hydrogens is 184 g/mol. The molecule has 1 saturated heterocycles. The van der Waals surface area contributed by atoms with Crippen LogP contribution in [0.5, 0.6) is 0 Å². The molecule has 72 valence electrons. The third kappa shape index (κ3) is 1.25. The molecule has 3 nitrogen and oxygen atoms in total. The molecule has 1 N–H and O–H groups in total. The Morgan fingerprint density at radius 2 is 2.54 bits per heavy atom. The molecule has 0 radical (unpaired) electrons. The van der Waals surface area contributed by atoms with Gasteiger partial charge in [0.2, 0.25) is 0 Å². The summed E-state index contributed by atoms with van der Waals surface area (Å²) in [5, 5.41) is 0. The van der Waals surface area contributed by atoms with Crippen LogP contribution in [-0.4, -0.2) is 22.3 Å². The molecule has 1 fully saturated rings. The molecule has 2 atom stereocenters. The number of imidazole rings is 1. The summed E-state index contributed by atoms with van der Waals surface area (Å²) in [7, 11) is 0. The standard InChI is InChI=1S/C9H14N2OS/c1-7-9(2,3-6-12-7)11-5-4-10-8(11)13/h4-5,7H,3,6H2,1-2H3,(H,10,13). The van der Waals surface area contributed by atoms with Gasteiger partial charge in [-0.15, -0.1) is 0 Å². The van der Waals surface area contributed by atoms with Crippen LogP contribution in [0, 0.1) is 4.77 Å². The van der Waals surface area contributed by atoms with Gasteiger partial charge in [-0.2, -0.15) is 0 Å². The second-order valence-corrected chi connectivity index (χ2v) is 4.14. The molecule has 1 aromatic rings. The van der Waals surface area contributed by atoms with Crippen LogP contribution in [0.1, 0.15) is 20.3 Å². The van der Waals surface area contributed by atoms with E-state index in [-0.39, 0.29) is 11.6 Å². The monoisotopic (exact) mass is 198 g/mol. The zero-order valence-electron chi connectivity index (χ0n) is 7.91. The van der Waals surface area contributed by atoms with E-state index >= 15 is 0 Å². The normalized spacial score (nSPS) is 33.8. The van der Waals surface area contributed by atoms with E-state index in [1.165, 1.54) is 0 Å². The number of rotatable bonds is 1. The number of hydrogen-bond acceptors (Lipinski definition) is 2. The maximum Gasteiger partial charge on any atom is 0.177 e. The summed E-state index contributed by atoms with van der Waals surface area (Å²) in [6.07, 6.45) is 5.13. The summed E-state index contributed by atoms with van der Waals surface area (Å²) in [4.78, 5) is 3.01. The third-order valence-electron chi connectivity index (χ3n) is 3.05. The highest BCUT2D eigenvalue weighted by Crippen LogP contribution is 2.32. The minimum atomic E-state index is 0.0249. The average Bonchev–Trinajstić information content (AvgIpc) is 2.62. The highest BCUT2D eigenvalue weighted by atomic mass is 32.1. The largest absolute Gasteiger partial charge is 0.376 e. The summed E-state index contributed by atoms with van der Waals surface area (Å²) in [6.45, 7) is 5.11. The van der Waals surface area contributed by atoms with Crippen LogP contribution in [0.25, 0.3) is 0 Å². The van der Waals surface area contributed by atoms with Crippen molar-refractivity contribution < 1.29 is 4.74 Å². The second kappa shape index (κ2) is 2.96. The topological polar surface area (TPSA) is 29.9 Å². The Balaban J connectivity index is 2.45. The Kier molecular flexibility index (Phi) is 2.04. The lowest BCUT2D eigenvalue weighted by molar-refractivity contribution is 0.0754. The van der Waals surface area contributed by atoms with E-state index in [4.69, 9.17) is 17.0 Å². The van der Waals surface area contributed by atoms with Gasteiger partial charge in [-0.25, -0.2) is 0 Å². The first-order valence-electron chi connectivity index (χ1n) is 4.53. The van der Waals surface area contributed by atoms with Gasteiger partial charge in [0.15, 0.2) is 4.77 Å². The van der Waals surface area contributed by atoms with E-state index < -0.39 is 0 Å². The fourth-order valence-electron chi connectivity index (χ4n) is 1.86. The summed E-state index contributed by atoms with van der Waals surface area (Å²) >= 11 is 5.20. The van der Waals surface area contributed by atoms with Crippen molar-refractivity contribution in [2.24, 2.45) is 0 Å². The first-order valence-corrected chi connectivity index (χ1v) is 4.93. The van der Waals surface area contributed by atoms with Crippen molar-refractivity contribution >= 4 is 12.2 Å². The minimum absolute atomic E-state index is 0.0249. The van der Waals surface area contributed by atoms with Gasteiger partial charge < -0.3 is 14.3 Å². The molecule has 1 aromatic heterocycles. The number of ether oxygens (including phenoxy) is 1. The van der Waals surface area contributed by atoms with Crippen molar-refractivity contribution in [3.05, 3.63) is 17.2 Å². The maximum atomic E-state index is 5.57. The molecule has 0 bridgehead atoms. The molecule has 0 aromatic carbocycles. The van der Waals surface area contributed by atoms with E-state index in [9.17, 15) is 0 Å². The van der Waals surface area contributed by atoms with Crippen LogP contribution in [-0.2, 0) is 10.3 Å². The number of H-pyrrole nitrogens is 1. The molecule has 1 aliphatic rings. The fourth-order valence-corrected chi connectivity index (χ4v) is 2.20. The minimum Gasteiger partial charge on any atom is -0.376 e. The Labute approximate surface area is 82.7 Å². The number of nitrogens with one attached hydrogen (secondary N) is 1. The zero-order valence-corrected chi connectivity index (χ0v) is 8.73. The van der Waals surface area contributed by atoms with Crippen molar-refractivity contribution in [1.82, 2.24) is 9.55 Å². The van der Waals surface area contributed by atoms with Crippen molar-refractivity contribution in [1.29, 1.82) is 0 Å². The number of nitrogens with zero attached hydrogens (tertiary/aromatic N) is 1. The zero-order chi connectivity index (χ0) is 9.47. The third-order valence-corrected chi connectivity index (χ3v) is 3.37. The molecule has 2 heterocycles. The van der Waals surface area contributed by atoms with Crippen molar-refractivity contribution in [2.45, 2.75) is 31.9 Å². The molecule has 4 heteroatoms. The van der Waals surface area contributed by atoms with Crippen molar-refractivity contribution in [3.8, 4) is 0 Å². The van der Waals surface area contributed by atoms with Gasteiger partial charge in [0.05, 0.1) is 11.6 Å². The predicted octanol–water partition coefficient (Wildman–Crippen LogP) is 2.07. The van der Waals surface area contributed by atoms with Gasteiger partial charge in [0.25, 0.3) is 0 Å². The molecule has 0 aliphatic carbocycles. The highest BCUT2D eigenvalue weighted by molar-refractivity contribution is 7.71. The second-order valence-electron chi connectivity index (χ2n) is 3.76. The van der Waals surface area contributed by atoms with Crippen LogP contribution in [0.2, 0.25) is 0 Å². The Bertz CT molecular complexity index is 356. The summed E-state index contributed by atoms with van der Waals surface area (Å²) in [5.41, 5.74) is 0.0249. The molecule has 0 amide bonds. The molecular formula is C9H14N2OS. The lowest BCUT2D eigenvalue weighted by Gasteiger charge is -2.29. The van der Waals surface area contributed by atoms with E-state index in [1.807, 2.05) is 12.4 Å². The quantitative estimate of drug-likeness (QED) is 0.700. The molecule has 2 unspecified atom stereocenters. The van der Waals surface area contributed by atoms with Crippen LogP contribution >= 0.6 is 12.2 Å². The Morgan fingerprint density at radius 1 is 1.77 bits per heavy atom. The first-order chi connectivity index (χ1) is 6.14. The number of aromatic nitrogens is 2. The highest BCUT2D eigenvalue weighted by Gasteiger charge is 2.38. The average molecular weight is 198 g/mol. The van der Waals surface area contributed by atoms with E-state index in [0.29, 0.717) is 0 Å². The predicted molar refractivity (Wildman–Crippen MR) is 53.3 cm³/mol. The fraction of sp³-hybridized carbons (Fsp3) is 0.667. The van der Waals surface area contributed by atoms with Crippen LogP contribution in [0.4, 0.5) is 0 Å². The van der Waals surface area contributed by atoms with Crippen molar-refractivity contribution in [3.63, 3.8) is 0 Å². The van der Waals surface area contributed by atoms with Crippen LogP contribution in [0.3, 0.4) is 0 Å². The van der Waals surface area contributed by atoms with Crippen molar-refractivity contribution in [2.75, 3.05) is 6.61 Å². The van der Waals surface area contributed by atoms with Crippen LogP contribution < -0.4 is 0 Å². The Morgan fingerprint density at radius 3 is 3.00 bits per heavy atom. The van der Waals surface area contributed by atoms with E-state index in [1.54, 1.807) is 0 Å². The van der Waals surface area contributed by atoms with Gasteiger partial charge in [0.1, 0.15) is 0 Å². The number of hydrogen-bond donors (Lipinski definition) is 1. The molecule has 13 heavy (non-hydrogen) atoms. The SMILES string of the molecule is CC1OCCC1(C)n1cc[nH]c1=S. The van der Waals surface area contributed by atoms with Gasteiger partial charge >= 0.3 is 0 Å². The van der Waals surface area contributed by atoms with Gasteiger partial charge in [-0.1, -0.05) is 0 Å². The lowest BCUT2D eigenvalue weighted by Crippen LogP contribution is -2.36. The maximum absolute atomic E-state index is 5.57. The summed E-state index contributed by atoms with van der Waals surface area (Å²) in [5.74, 6) is 0. The van der Waals surface area contributed by atoms with Gasteiger partial charge in [-0.3, -0.25) is 0 Å². The van der Waals surface area contributed by atoms with Gasteiger partial charge in [0, 0.05) is 19.0 Å². The van der Waals surface area contributed by atoms with Crippen LogP contribution in [0.15, 0.2) is 12.4 Å². The first kappa shape index (κ1) is 8.97. The molecule has 1 aliphatic heterocycles. The van der Waals surface area contributed by atoms with E-state index in [0.717, 1.165) is 17.8 Å². The smallest absolute Gasteiger partial charge is 0.177 e. The molecule has 0 saturated carbocycles. The number of aromatic amines is 1. The summed E-state index contributed by atoms with van der Waals surface area (Å²) < 4.78 is 8.44. The lowest BCUT2D eigenvalue weighted by atomic mass is 9.94. The Hall–Kier alpha value is -0.610.